The third-order valence-electron chi connectivity index (χ3n) is 6.03. The van der Waals surface area contributed by atoms with E-state index < -0.39 is 17.5 Å². The number of benzene rings is 2. The average Bonchev–Trinajstić information content (AvgIpc) is 3.58. The van der Waals surface area contributed by atoms with Gasteiger partial charge in [-0.2, -0.15) is 5.10 Å². The molecule has 0 bridgehead atoms. The molecule has 8 nitrogen and oxygen atoms in total. The zero-order valence-electron chi connectivity index (χ0n) is 19.1. The number of phenols is 1. The third-order valence-corrected chi connectivity index (χ3v) is 6.99. The minimum absolute atomic E-state index is 0.0662. The summed E-state index contributed by atoms with van der Waals surface area (Å²) in [5.41, 5.74) is 2.41. The summed E-state index contributed by atoms with van der Waals surface area (Å²) in [6.45, 7) is 4.45. The molecular weight excluding hydrogens is 469 g/mol. The first kappa shape index (κ1) is 23.3. The number of hydrogen-bond acceptors (Lipinski definition) is 8. The lowest BCUT2D eigenvalue weighted by molar-refractivity contribution is 0.0397. The minimum Gasteiger partial charge on any atom is -0.504 e. The number of morpholine rings is 1. The van der Waals surface area contributed by atoms with Crippen molar-refractivity contribution in [3.8, 4) is 16.2 Å². The van der Waals surface area contributed by atoms with E-state index in [0.717, 1.165) is 29.6 Å². The second kappa shape index (κ2) is 10.4. The van der Waals surface area contributed by atoms with Crippen LogP contribution in [0.15, 0.2) is 47.7 Å². The van der Waals surface area contributed by atoms with E-state index in [-0.39, 0.29) is 11.1 Å². The standard InChI is InChI=1S/C25H26FN5O3S/c26-21-14-18(12-19(23(21)32)15-28-31-8-10-34-11-9-31)24(33)29-25-27-16-22(35-25)17-4-3-5-20(13-17)30-6-1-2-7-30/h3-5,12-16,32H,1-2,6-11H2,(H,27,29,33)/b28-15+. The molecule has 182 valence electrons. The van der Waals surface area contributed by atoms with Crippen molar-refractivity contribution in [2.24, 2.45) is 5.10 Å². The first-order valence-electron chi connectivity index (χ1n) is 11.6. The fourth-order valence-electron chi connectivity index (χ4n) is 4.13. The number of rotatable bonds is 6. The molecule has 1 aromatic heterocycles. The molecule has 0 saturated carbocycles. The van der Waals surface area contributed by atoms with E-state index in [4.69, 9.17) is 4.74 Å². The van der Waals surface area contributed by atoms with Crippen molar-refractivity contribution < 1.29 is 19.0 Å². The topological polar surface area (TPSA) is 90.3 Å². The first-order valence-corrected chi connectivity index (χ1v) is 12.4. The molecule has 10 heteroatoms. The van der Waals surface area contributed by atoms with Crippen LogP contribution in [0, 0.1) is 5.82 Å². The van der Waals surface area contributed by atoms with Crippen molar-refractivity contribution in [2.45, 2.75) is 12.8 Å². The number of thiazole rings is 1. The van der Waals surface area contributed by atoms with Crippen LogP contribution in [-0.4, -0.2) is 66.6 Å². The second-order valence-electron chi connectivity index (χ2n) is 8.43. The van der Waals surface area contributed by atoms with Crippen LogP contribution in [0.3, 0.4) is 0 Å². The molecule has 1 amide bonds. The number of nitrogens with zero attached hydrogens (tertiary/aromatic N) is 4. The monoisotopic (exact) mass is 495 g/mol. The fraction of sp³-hybridized carbons (Fsp3) is 0.320. The van der Waals surface area contributed by atoms with E-state index >= 15 is 0 Å². The van der Waals surface area contributed by atoms with Gasteiger partial charge in [0.2, 0.25) is 0 Å². The van der Waals surface area contributed by atoms with Crippen molar-refractivity contribution in [3.05, 3.63) is 59.5 Å². The van der Waals surface area contributed by atoms with Gasteiger partial charge in [0.25, 0.3) is 5.91 Å². The van der Waals surface area contributed by atoms with Crippen molar-refractivity contribution in [1.82, 2.24) is 9.99 Å². The predicted molar refractivity (Wildman–Crippen MR) is 135 cm³/mol. The Morgan fingerprint density at radius 3 is 2.77 bits per heavy atom. The SMILES string of the molecule is O=C(Nc1ncc(-c2cccc(N3CCCC3)c2)s1)c1cc(F)c(O)c(/C=N/N2CCOCC2)c1. The first-order chi connectivity index (χ1) is 17.1. The maximum absolute atomic E-state index is 14.4. The number of ether oxygens (including phenoxy) is 1. The number of hydrogen-bond donors (Lipinski definition) is 2. The van der Waals surface area contributed by atoms with Gasteiger partial charge in [-0.3, -0.25) is 15.1 Å². The molecule has 5 rings (SSSR count). The van der Waals surface area contributed by atoms with Crippen LogP contribution in [-0.2, 0) is 4.74 Å². The summed E-state index contributed by atoms with van der Waals surface area (Å²) in [7, 11) is 0. The zero-order chi connectivity index (χ0) is 24.2. The summed E-state index contributed by atoms with van der Waals surface area (Å²) in [4.78, 5) is 20.5. The van der Waals surface area contributed by atoms with Crippen LogP contribution in [0.25, 0.3) is 10.4 Å². The van der Waals surface area contributed by atoms with Crippen molar-refractivity contribution in [1.29, 1.82) is 0 Å². The lowest BCUT2D eigenvalue weighted by Crippen LogP contribution is -2.32. The van der Waals surface area contributed by atoms with Crippen molar-refractivity contribution in [2.75, 3.05) is 49.6 Å². The van der Waals surface area contributed by atoms with Crippen LogP contribution in [0.5, 0.6) is 5.75 Å². The molecule has 2 aromatic carbocycles. The zero-order valence-corrected chi connectivity index (χ0v) is 19.9. The minimum atomic E-state index is -0.889. The quantitative estimate of drug-likeness (QED) is 0.499. The Kier molecular flexibility index (Phi) is 6.91. The molecular formula is C25H26FN5O3S. The fourth-order valence-corrected chi connectivity index (χ4v) is 4.94. The number of aromatic nitrogens is 1. The Labute approximate surface area is 206 Å². The third kappa shape index (κ3) is 5.44. The highest BCUT2D eigenvalue weighted by Crippen LogP contribution is 2.32. The molecule has 2 N–H and O–H groups in total. The molecule has 3 heterocycles. The smallest absolute Gasteiger partial charge is 0.257 e. The summed E-state index contributed by atoms with van der Waals surface area (Å²) in [5, 5.41) is 19.3. The van der Waals surface area contributed by atoms with E-state index in [2.05, 4.69) is 32.4 Å². The van der Waals surface area contributed by atoms with Crippen LogP contribution in [0.1, 0.15) is 28.8 Å². The van der Waals surface area contributed by atoms with Crippen molar-refractivity contribution >= 4 is 34.3 Å². The van der Waals surface area contributed by atoms with Crippen LogP contribution >= 0.6 is 11.3 Å². The highest BCUT2D eigenvalue weighted by atomic mass is 32.1. The Morgan fingerprint density at radius 1 is 1.17 bits per heavy atom. The summed E-state index contributed by atoms with van der Waals surface area (Å²) in [6.07, 6.45) is 5.50. The molecule has 35 heavy (non-hydrogen) atoms. The van der Waals surface area contributed by atoms with Gasteiger partial charge in [-0.1, -0.05) is 23.5 Å². The van der Waals surface area contributed by atoms with Gasteiger partial charge >= 0.3 is 0 Å². The Morgan fingerprint density at radius 2 is 1.97 bits per heavy atom. The molecule has 0 aliphatic carbocycles. The van der Waals surface area contributed by atoms with E-state index in [1.54, 1.807) is 11.2 Å². The Balaban J connectivity index is 1.30. The van der Waals surface area contributed by atoms with Gasteiger partial charge in [0.15, 0.2) is 16.7 Å². The molecule has 0 unspecified atom stereocenters. The number of carbonyl (C=O) groups is 1. The number of halogens is 1. The summed E-state index contributed by atoms with van der Waals surface area (Å²) < 4.78 is 19.6. The molecule has 2 saturated heterocycles. The number of aromatic hydroxyl groups is 1. The van der Waals surface area contributed by atoms with Crippen LogP contribution < -0.4 is 10.2 Å². The highest BCUT2D eigenvalue weighted by Gasteiger charge is 2.17. The van der Waals surface area contributed by atoms with Gasteiger partial charge in [0.05, 0.1) is 37.4 Å². The van der Waals surface area contributed by atoms with E-state index in [1.165, 1.54) is 42.1 Å². The molecule has 0 atom stereocenters. The lowest BCUT2D eigenvalue weighted by atomic mass is 10.1. The van der Waals surface area contributed by atoms with E-state index in [0.29, 0.717) is 31.4 Å². The number of nitrogens with one attached hydrogen (secondary N) is 1. The van der Waals surface area contributed by atoms with Gasteiger partial charge in [-0.15, -0.1) is 0 Å². The number of amides is 1. The predicted octanol–water partition coefficient (Wildman–Crippen LogP) is 4.17. The van der Waals surface area contributed by atoms with Gasteiger partial charge in [0, 0.05) is 36.1 Å². The van der Waals surface area contributed by atoms with E-state index in [9.17, 15) is 14.3 Å². The molecule has 2 aliphatic rings. The number of phenolic OH excluding ortho intramolecular Hbond substituents is 1. The number of anilines is 2. The van der Waals surface area contributed by atoms with Crippen LogP contribution in [0.4, 0.5) is 15.2 Å². The van der Waals surface area contributed by atoms with E-state index in [1.807, 2.05) is 12.1 Å². The largest absolute Gasteiger partial charge is 0.504 e. The number of carbonyl (C=O) groups excluding carboxylic acids is 1. The molecule has 0 spiro atoms. The Hall–Kier alpha value is -3.50. The Bertz CT molecular complexity index is 1240. The van der Waals surface area contributed by atoms with Gasteiger partial charge < -0.3 is 14.7 Å². The van der Waals surface area contributed by atoms with Gasteiger partial charge in [0.1, 0.15) is 0 Å². The maximum atomic E-state index is 14.4. The van der Waals surface area contributed by atoms with Gasteiger partial charge in [-0.25, -0.2) is 9.37 Å². The molecule has 2 fully saturated rings. The maximum Gasteiger partial charge on any atom is 0.257 e. The second-order valence-corrected chi connectivity index (χ2v) is 9.47. The normalized spacial score (nSPS) is 16.3. The molecule has 0 radical (unpaired) electrons. The summed E-state index contributed by atoms with van der Waals surface area (Å²) >= 11 is 1.35. The van der Waals surface area contributed by atoms with Crippen LogP contribution in [0.2, 0.25) is 0 Å². The van der Waals surface area contributed by atoms with Gasteiger partial charge in [-0.05, 0) is 42.7 Å². The van der Waals surface area contributed by atoms with Crippen molar-refractivity contribution in [3.63, 3.8) is 0 Å². The lowest BCUT2D eigenvalue weighted by Gasteiger charge is -2.23. The highest BCUT2D eigenvalue weighted by molar-refractivity contribution is 7.19. The number of hydrazone groups is 1. The average molecular weight is 496 g/mol. The molecule has 2 aliphatic heterocycles. The summed E-state index contributed by atoms with van der Waals surface area (Å²) in [5.74, 6) is -1.95. The summed E-state index contributed by atoms with van der Waals surface area (Å²) in [6, 6.07) is 10.7. The molecule has 3 aromatic rings.